The third-order valence-electron chi connectivity index (χ3n) is 3.89. The molecule has 5 heteroatoms. The molecule has 0 aliphatic carbocycles. The highest BCUT2D eigenvalue weighted by molar-refractivity contribution is 6.20. The lowest BCUT2D eigenvalue weighted by molar-refractivity contribution is -0.156. The standard InChI is InChI=1S/C23H30ClNO3/c1-23(2,3)28-22(26)16-25(14-19-10-6-4-7-11-19)15-21(24)18-27-17-20-12-8-5-9-13-20/h4-13,21H,14-18H2,1-3H3/t21-/m1/s1. The van der Waals surface area contributed by atoms with Gasteiger partial charge >= 0.3 is 5.97 Å². The van der Waals surface area contributed by atoms with Gasteiger partial charge < -0.3 is 9.47 Å². The van der Waals surface area contributed by atoms with Gasteiger partial charge in [-0.05, 0) is 31.9 Å². The van der Waals surface area contributed by atoms with E-state index in [9.17, 15) is 4.79 Å². The lowest BCUT2D eigenvalue weighted by Crippen LogP contribution is -2.38. The van der Waals surface area contributed by atoms with Gasteiger partial charge in [0.25, 0.3) is 0 Å². The highest BCUT2D eigenvalue weighted by Crippen LogP contribution is 2.12. The molecule has 0 aromatic heterocycles. The van der Waals surface area contributed by atoms with Gasteiger partial charge in [-0.25, -0.2) is 0 Å². The Labute approximate surface area is 173 Å². The van der Waals surface area contributed by atoms with Crippen molar-refractivity contribution in [2.24, 2.45) is 0 Å². The molecule has 2 aromatic rings. The normalized spacial score (nSPS) is 12.8. The molecular formula is C23H30ClNO3. The summed E-state index contributed by atoms with van der Waals surface area (Å²) in [5.74, 6) is -0.252. The second-order valence-corrected chi connectivity index (χ2v) is 8.46. The van der Waals surface area contributed by atoms with Gasteiger partial charge in [-0.15, -0.1) is 11.6 Å². The van der Waals surface area contributed by atoms with Crippen molar-refractivity contribution in [2.75, 3.05) is 19.7 Å². The lowest BCUT2D eigenvalue weighted by atomic mass is 10.2. The Kier molecular flexibility index (Phi) is 8.97. The van der Waals surface area contributed by atoms with Crippen molar-refractivity contribution in [3.05, 3.63) is 71.8 Å². The van der Waals surface area contributed by atoms with Crippen molar-refractivity contribution in [1.82, 2.24) is 4.90 Å². The SMILES string of the molecule is CC(C)(C)OC(=O)CN(Cc1ccccc1)C[C@@H](Cl)COCc1ccccc1. The third kappa shape index (κ3) is 9.36. The molecule has 0 unspecified atom stereocenters. The van der Waals surface area contributed by atoms with E-state index in [0.29, 0.717) is 26.3 Å². The molecule has 152 valence electrons. The van der Waals surface area contributed by atoms with E-state index in [2.05, 4.69) is 0 Å². The van der Waals surface area contributed by atoms with Crippen molar-refractivity contribution in [2.45, 2.75) is 44.9 Å². The fourth-order valence-electron chi connectivity index (χ4n) is 2.79. The van der Waals surface area contributed by atoms with Crippen LogP contribution in [0.1, 0.15) is 31.9 Å². The summed E-state index contributed by atoms with van der Waals surface area (Å²) < 4.78 is 11.2. The molecule has 0 bridgehead atoms. The van der Waals surface area contributed by atoms with Crippen molar-refractivity contribution in [3.63, 3.8) is 0 Å². The van der Waals surface area contributed by atoms with E-state index in [4.69, 9.17) is 21.1 Å². The predicted octanol–water partition coefficient (Wildman–Crippen LogP) is 4.65. The number of hydrogen-bond donors (Lipinski definition) is 0. The van der Waals surface area contributed by atoms with Crippen LogP contribution in [-0.2, 0) is 27.4 Å². The maximum Gasteiger partial charge on any atom is 0.320 e. The first-order chi connectivity index (χ1) is 13.3. The molecule has 0 fully saturated rings. The number of ether oxygens (including phenoxy) is 2. The smallest absolute Gasteiger partial charge is 0.320 e. The van der Waals surface area contributed by atoms with Gasteiger partial charge in [0, 0.05) is 13.1 Å². The summed E-state index contributed by atoms with van der Waals surface area (Å²) in [6, 6.07) is 20.0. The number of halogens is 1. The second kappa shape index (κ2) is 11.2. The van der Waals surface area contributed by atoms with Crippen molar-refractivity contribution in [1.29, 1.82) is 0 Å². The molecule has 0 aliphatic rings. The topological polar surface area (TPSA) is 38.8 Å². The van der Waals surface area contributed by atoms with Crippen LogP contribution in [0.25, 0.3) is 0 Å². The summed E-state index contributed by atoms with van der Waals surface area (Å²) in [4.78, 5) is 14.3. The summed E-state index contributed by atoms with van der Waals surface area (Å²) in [6.45, 7) is 7.89. The molecule has 0 aliphatic heterocycles. The van der Waals surface area contributed by atoms with Crippen LogP contribution < -0.4 is 0 Å². The van der Waals surface area contributed by atoms with Crippen LogP contribution in [0.5, 0.6) is 0 Å². The van der Waals surface area contributed by atoms with E-state index in [1.54, 1.807) is 0 Å². The number of hydrogen-bond acceptors (Lipinski definition) is 4. The Morgan fingerprint density at radius 2 is 1.57 bits per heavy atom. The average molecular weight is 404 g/mol. The summed E-state index contributed by atoms with van der Waals surface area (Å²) in [6.07, 6.45) is 0. The van der Waals surface area contributed by atoms with Gasteiger partial charge in [0.15, 0.2) is 0 Å². The highest BCUT2D eigenvalue weighted by atomic mass is 35.5. The Bertz CT molecular complexity index is 701. The van der Waals surface area contributed by atoms with Crippen molar-refractivity contribution >= 4 is 17.6 Å². The molecule has 2 aromatic carbocycles. The van der Waals surface area contributed by atoms with Crippen molar-refractivity contribution in [3.8, 4) is 0 Å². The zero-order valence-corrected chi connectivity index (χ0v) is 17.7. The van der Waals surface area contributed by atoms with E-state index in [1.165, 1.54) is 0 Å². The van der Waals surface area contributed by atoms with Gasteiger partial charge in [0.1, 0.15) is 5.60 Å². The van der Waals surface area contributed by atoms with Crippen LogP contribution in [-0.4, -0.2) is 41.5 Å². The minimum atomic E-state index is -0.505. The lowest BCUT2D eigenvalue weighted by Gasteiger charge is -2.26. The molecular weight excluding hydrogens is 374 g/mol. The third-order valence-corrected chi connectivity index (χ3v) is 4.15. The molecule has 0 spiro atoms. The number of rotatable bonds is 10. The van der Waals surface area contributed by atoms with Crippen LogP contribution in [0.15, 0.2) is 60.7 Å². The number of carbonyl (C=O) groups excluding carboxylic acids is 1. The maximum absolute atomic E-state index is 12.3. The summed E-state index contributed by atoms with van der Waals surface area (Å²) >= 11 is 6.51. The molecule has 0 heterocycles. The fourth-order valence-corrected chi connectivity index (χ4v) is 3.08. The summed E-state index contributed by atoms with van der Waals surface area (Å²) in [7, 11) is 0. The number of nitrogens with zero attached hydrogens (tertiary/aromatic N) is 1. The van der Waals surface area contributed by atoms with Crippen LogP contribution in [0.2, 0.25) is 0 Å². The molecule has 0 radical (unpaired) electrons. The highest BCUT2D eigenvalue weighted by Gasteiger charge is 2.21. The molecule has 28 heavy (non-hydrogen) atoms. The molecule has 0 amide bonds. The maximum atomic E-state index is 12.3. The monoisotopic (exact) mass is 403 g/mol. The largest absolute Gasteiger partial charge is 0.459 e. The minimum Gasteiger partial charge on any atom is -0.459 e. The molecule has 2 rings (SSSR count). The first-order valence-electron chi connectivity index (χ1n) is 9.56. The second-order valence-electron chi connectivity index (χ2n) is 7.84. The van der Waals surface area contributed by atoms with Gasteiger partial charge in [0.05, 0.1) is 25.1 Å². The van der Waals surface area contributed by atoms with Gasteiger partial charge in [-0.2, -0.15) is 0 Å². The van der Waals surface area contributed by atoms with Gasteiger partial charge in [-0.3, -0.25) is 9.69 Å². The zero-order chi connectivity index (χ0) is 20.4. The van der Waals surface area contributed by atoms with Crippen LogP contribution in [0.3, 0.4) is 0 Å². The van der Waals surface area contributed by atoms with Crippen molar-refractivity contribution < 1.29 is 14.3 Å². The van der Waals surface area contributed by atoms with E-state index < -0.39 is 5.60 Å². The first-order valence-corrected chi connectivity index (χ1v) is 9.99. The van der Waals surface area contributed by atoms with Crippen LogP contribution in [0.4, 0.5) is 0 Å². The number of benzene rings is 2. The average Bonchev–Trinajstić information content (AvgIpc) is 2.61. The predicted molar refractivity (Wildman–Crippen MR) is 113 cm³/mol. The fraction of sp³-hybridized carbons (Fsp3) is 0.435. The summed E-state index contributed by atoms with van der Waals surface area (Å²) in [5, 5.41) is -0.227. The number of esters is 1. The van der Waals surface area contributed by atoms with E-state index >= 15 is 0 Å². The molecule has 0 saturated heterocycles. The molecule has 4 nitrogen and oxygen atoms in total. The molecule has 0 N–H and O–H groups in total. The number of carbonyl (C=O) groups is 1. The van der Waals surface area contributed by atoms with Crippen LogP contribution >= 0.6 is 11.6 Å². The quantitative estimate of drug-likeness (QED) is 0.427. The Morgan fingerprint density at radius 1 is 1.00 bits per heavy atom. The Morgan fingerprint density at radius 3 is 2.14 bits per heavy atom. The molecule has 0 saturated carbocycles. The van der Waals surface area contributed by atoms with Gasteiger partial charge in [-0.1, -0.05) is 60.7 Å². The Hall–Kier alpha value is -1.88. The van der Waals surface area contributed by atoms with E-state index in [1.807, 2.05) is 86.3 Å². The summed E-state index contributed by atoms with van der Waals surface area (Å²) in [5.41, 5.74) is 1.73. The zero-order valence-electron chi connectivity index (χ0n) is 16.9. The number of alkyl halides is 1. The Balaban J connectivity index is 1.88. The van der Waals surface area contributed by atoms with E-state index in [0.717, 1.165) is 11.1 Å². The van der Waals surface area contributed by atoms with Crippen LogP contribution in [0, 0.1) is 0 Å². The van der Waals surface area contributed by atoms with Gasteiger partial charge in [0.2, 0.25) is 0 Å². The molecule has 1 atom stereocenters. The first kappa shape index (κ1) is 22.4. The van der Waals surface area contributed by atoms with E-state index in [-0.39, 0.29) is 17.9 Å². The minimum absolute atomic E-state index is 0.189.